The molecule has 1 aliphatic heterocycles. The van der Waals surface area contributed by atoms with Gasteiger partial charge in [0.2, 0.25) is 0 Å². The zero-order valence-electron chi connectivity index (χ0n) is 19.4. The summed E-state index contributed by atoms with van der Waals surface area (Å²) in [6, 6.07) is 26.9. The Morgan fingerprint density at radius 3 is 2.39 bits per heavy atom. The van der Waals surface area contributed by atoms with Gasteiger partial charge in [0.05, 0.1) is 23.0 Å². The molecule has 5 rings (SSSR count). The van der Waals surface area contributed by atoms with E-state index < -0.39 is 12.0 Å². The minimum absolute atomic E-state index is 0.177. The molecule has 2 heterocycles. The van der Waals surface area contributed by atoms with Crippen molar-refractivity contribution in [2.24, 2.45) is 0 Å². The summed E-state index contributed by atoms with van der Waals surface area (Å²) in [6.07, 6.45) is 1.94. The number of aromatic nitrogens is 2. The summed E-state index contributed by atoms with van der Waals surface area (Å²) in [7, 11) is 0. The van der Waals surface area contributed by atoms with Gasteiger partial charge in [-0.1, -0.05) is 76.6 Å². The first-order valence-corrected chi connectivity index (χ1v) is 12.6. The van der Waals surface area contributed by atoms with Gasteiger partial charge in [0, 0.05) is 27.5 Å². The maximum atomic E-state index is 13.4. The molecule has 0 aliphatic carbocycles. The average Bonchev–Trinajstić information content (AvgIpc) is 3.34. The van der Waals surface area contributed by atoms with Gasteiger partial charge in [-0.25, -0.2) is 9.48 Å². The van der Waals surface area contributed by atoms with E-state index in [2.05, 4.69) is 26.6 Å². The number of rotatable bonds is 6. The Balaban J connectivity index is 1.57. The van der Waals surface area contributed by atoms with Gasteiger partial charge < -0.3 is 15.4 Å². The largest absolute Gasteiger partial charge is 0.457 e. The van der Waals surface area contributed by atoms with Gasteiger partial charge in [-0.2, -0.15) is 5.10 Å². The molecule has 2 N–H and O–H groups in total. The van der Waals surface area contributed by atoms with Crippen LogP contribution in [-0.4, -0.2) is 20.9 Å². The second-order valence-corrected chi connectivity index (χ2v) is 9.68. The van der Waals surface area contributed by atoms with Crippen molar-refractivity contribution < 1.29 is 9.53 Å². The van der Waals surface area contributed by atoms with Gasteiger partial charge in [0.1, 0.15) is 6.61 Å². The van der Waals surface area contributed by atoms with E-state index in [4.69, 9.17) is 22.1 Å². The summed E-state index contributed by atoms with van der Waals surface area (Å²) in [5, 5.41) is 11.7. The number of carbonyl (C=O) groups is 1. The Hall–Kier alpha value is -3.75. The zero-order chi connectivity index (χ0) is 25.1. The molecule has 0 bridgehead atoms. The summed E-state index contributed by atoms with van der Waals surface area (Å²) in [5.41, 5.74) is 5.42. The quantitative estimate of drug-likeness (QED) is 0.229. The number of hydrogen-bond acceptors (Lipinski definition) is 4. The number of halogens is 1. The Bertz CT molecular complexity index is 1430. The maximum Gasteiger partial charge on any atom is 0.338 e. The summed E-state index contributed by atoms with van der Waals surface area (Å²) in [4.78, 5) is 13.4. The Morgan fingerprint density at radius 1 is 1.03 bits per heavy atom. The van der Waals surface area contributed by atoms with E-state index in [1.165, 1.54) is 0 Å². The lowest BCUT2D eigenvalue weighted by Gasteiger charge is -2.29. The zero-order valence-corrected chi connectivity index (χ0v) is 21.8. The Labute approximate surface area is 223 Å². The maximum absolute atomic E-state index is 13.4. The van der Waals surface area contributed by atoms with E-state index >= 15 is 0 Å². The van der Waals surface area contributed by atoms with Gasteiger partial charge in [-0.15, -0.1) is 0 Å². The smallest absolute Gasteiger partial charge is 0.338 e. The first kappa shape index (κ1) is 24.0. The fourth-order valence-electron chi connectivity index (χ4n) is 4.14. The Kier molecular flexibility index (Phi) is 6.97. The highest BCUT2D eigenvalue weighted by Crippen LogP contribution is 2.35. The molecule has 0 radical (unpaired) electrons. The number of carbonyl (C=O) groups excluding carboxylic acids is 1. The molecule has 180 valence electrons. The molecule has 1 aromatic heterocycles. The van der Waals surface area contributed by atoms with Crippen LogP contribution < -0.4 is 10.6 Å². The van der Waals surface area contributed by atoms with Gasteiger partial charge in [0.15, 0.2) is 5.11 Å². The van der Waals surface area contributed by atoms with E-state index in [0.717, 1.165) is 32.5 Å². The van der Waals surface area contributed by atoms with Crippen molar-refractivity contribution >= 4 is 39.2 Å². The lowest BCUT2D eigenvalue weighted by atomic mass is 9.94. The predicted molar refractivity (Wildman–Crippen MR) is 147 cm³/mol. The highest BCUT2D eigenvalue weighted by molar-refractivity contribution is 9.10. The van der Waals surface area contributed by atoms with E-state index in [1.54, 1.807) is 0 Å². The van der Waals surface area contributed by atoms with Gasteiger partial charge in [-0.05, 0) is 49.0 Å². The normalized spacial score (nSPS) is 15.3. The highest BCUT2D eigenvalue weighted by Gasteiger charge is 2.34. The molecular weight excluding hydrogens is 536 g/mol. The topological polar surface area (TPSA) is 68.2 Å². The molecule has 3 aromatic carbocycles. The molecule has 0 saturated carbocycles. The van der Waals surface area contributed by atoms with Crippen LogP contribution >= 0.6 is 28.1 Å². The van der Waals surface area contributed by atoms with Crippen LogP contribution in [0.2, 0.25) is 0 Å². The van der Waals surface area contributed by atoms with Crippen molar-refractivity contribution in [2.45, 2.75) is 19.6 Å². The van der Waals surface area contributed by atoms with Crippen molar-refractivity contribution in [3.05, 3.63) is 118 Å². The fraction of sp³-hybridized carbons (Fsp3) is 0.107. The van der Waals surface area contributed by atoms with Crippen LogP contribution in [0.1, 0.15) is 24.1 Å². The monoisotopic (exact) mass is 558 g/mol. The second kappa shape index (κ2) is 10.5. The first-order chi connectivity index (χ1) is 17.5. The van der Waals surface area contributed by atoms with Crippen LogP contribution in [0, 0.1) is 0 Å². The third kappa shape index (κ3) is 5.10. The van der Waals surface area contributed by atoms with Crippen molar-refractivity contribution in [2.75, 3.05) is 0 Å². The standard InChI is InChI=1S/C28H23BrN4O2S/c1-18-24(27(34)35-17-19-8-4-2-5-9-19)26(31-28(36)30-18)23-16-33(22-10-6-3-7-11-22)32-25(23)20-12-14-21(29)15-13-20/h2-16,26H,17H2,1H3,(H2,30,31,36)/t26-/m0/s1. The number of esters is 1. The number of ether oxygens (including phenoxy) is 1. The molecule has 0 amide bonds. The molecular formula is C28H23BrN4O2S. The van der Waals surface area contributed by atoms with E-state index in [1.807, 2.05) is 103 Å². The fourth-order valence-corrected chi connectivity index (χ4v) is 4.68. The van der Waals surface area contributed by atoms with Gasteiger partial charge in [0.25, 0.3) is 0 Å². The molecule has 0 spiro atoms. The summed E-state index contributed by atoms with van der Waals surface area (Å²) in [6.45, 7) is 2.01. The van der Waals surface area contributed by atoms with Crippen molar-refractivity contribution in [3.63, 3.8) is 0 Å². The van der Waals surface area contributed by atoms with E-state index in [-0.39, 0.29) is 6.61 Å². The molecule has 1 atom stereocenters. The highest BCUT2D eigenvalue weighted by atomic mass is 79.9. The van der Waals surface area contributed by atoms with Crippen LogP contribution in [0.3, 0.4) is 0 Å². The molecule has 0 unspecified atom stereocenters. The summed E-state index contributed by atoms with van der Waals surface area (Å²) >= 11 is 8.98. The lowest BCUT2D eigenvalue weighted by Crippen LogP contribution is -2.45. The number of benzene rings is 3. The minimum atomic E-state index is -0.543. The number of para-hydroxylation sites is 1. The Morgan fingerprint density at radius 2 is 1.69 bits per heavy atom. The number of allylic oxidation sites excluding steroid dienone is 1. The van der Waals surface area contributed by atoms with Crippen LogP contribution in [0.25, 0.3) is 16.9 Å². The molecule has 36 heavy (non-hydrogen) atoms. The lowest BCUT2D eigenvalue weighted by molar-refractivity contribution is -0.140. The van der Waals surface area contributed by atoms with Crippen molar-refractivity contribution in [1.82, 2.24) is 20.4 Å². The molecule has 4 aromatic rings. The summed E-state index contributed by atoms with van der Waals surface area (Å²) < 4.78 is 8.52. The van der Waals surface area contributed by atoms with Crippen LogP contribution in [-0.2, 0) is 16.1 Å². The molecule has 0 saturated heterocycles. The second-order valence-electron chi connectivity index (χ2n) is 8.35. The van der Waals surface area contributed by atoms with Gasteiger partial charge in [-0.3, -0.25) is 0 Å². The SMILES string of the molecule is CC1=C(C(=O)OCc2ccccc2)[C@H](c2cn(-c3ccccc3)nc2-c2ccc(Br)cc2)NC(=S)N1. The third-order valence-corrected chi connectivity index (χ3v) is 6.64. The van der Waals surface area contributed by atoms with E-state index in [9.17, 15) is 4.79 Å². The minimum Gasteiger partial charge on any atom is -0.457 e. The van der Waals surface area contributed by atoms with Crippen molar-refractivity contribution in [1.29, 1.82) is 0 Å². The first-order valence-electron chi connectivity index (χ1n) is 11.4. The van der Waals surface area contributed by atoms with Gasteiger partial charge >= 0.3 is 5.97 Å². The summed E-state index contributed by atoms with van der Waals surface area (Å²) in [5.74, 6) is -0.418. The molecule has 8 heteroatoms. The number of thiocarbonyl (C=S) groups is 1. The number of nitrogens with zero attached hydrogens (tertiary/aromatic N) is 2. The van der Waals surface area contributed by atoms with E-state index in [0.29, 0.717) is 16.4 Å². The number of hydrogen-bond donors (Lipinski definition) is 2. The van der Waals surface area contributed by atoms with Crippen LogP contribution in [0.5, 0.6) is 0 Å². The predicted octanol–water partition coefficient (Wildman–Crippen LogP) is 5.84. The van der Waals surface area contributed by atoms with Crippen LogP contribution in [0.15, 0.2) is 107 Å². The molecule has 0 fully saturated rings. The van der Waals surface area contributed by atoms with Crippen molar-refractivity contribution in [3.8, 4) is 16.9 Å². The molecule has 6 nitrogen and oxygen atoms in total. The molecule has 1 aliphatic rings. The van der Waals surface area contributed by atoms with Crippen LogP contribution in [0.4, 0.5) is 0 Å². The number of nitrogens with one attached hydrogen (secondary N) is 2. The third-order valence-electron chi connectivity index (χ3n) is 5.89. The average molecular weight is 559 g/mol.